The Morgan fingerprint density at radius 3 is 2.53 bits per heavy atom. The molecule has 1 atom stereocenters. The highest BCUT2D eigenvalue weighted by Gasteiger charge is 2.30. The van der Waals surface area contributed by atoms with Crippen molar-refractivity contribution in [3.05, 3.63) is 34.3 Å². The molecular weight excluding hydrogens is 306 g/mol. The Bertz CT molecular complexity index is 450. The van der Waals surface area contributed by atoms with Crippen LogP contribution in [0.2, 0.25) is 0 Å². The third-order valence-electron chi connectivity index (χ3n) is 3.32. The number of benzene rings is 1. The van der Waals surface area contributed by atoms with Crippen molar-refractivity contribution in [2.75, 3.05) is 13.1 Å². The maximum atomic E-state index is 11.8. The molecule has 19 heavy (non-hydrogen) atoms. The zero-order valence-corrected chi connectivity index (χ0v) is 13.2. The highest BCUT2D eigenvalue weighted by atomic mass is 79.9. The van der Waals surface area contributed by atoms with Gasteiger partial charge in [-0.25, -0.2) is 4.79 Å². The number of rotatable bonds is 2. The highest BCUT2D eigenvalue weighted by Crippen LogP contribution is 2.29. The Kier molecular flexibility index (Phi) is 4.31. The number of hydrogen-bond donors (Lipinski definition) is 0. The molecule has 3 nitrogen and oxygen atoms in total. The number of nitrogens with zero attached hydrogens (tertiary/aromatic N) is 1. The molecule has 4 heteroatoms. The van der Waals surface area contributed by atoms with Gasteiger partial charge in [-0.05, 0) is 44.9 Å². The molecule has 0 amide bonds. The first-order chi connectivity index (χ1) is 8.86. The maximum Gasteiger partial charge on any atom is 0.330 e. The number of carbonyl (C=O) groups excluding carboxylic acids is 1. The summed E-state index contributed by atoms with van der Waals surface area (Å²) in [5.41, 5.74) is 0.855. The summed E-state index contributed by atoms with van der Waals surface area (Å²) in [6.07, 6.45) is 1.03. The van der Waals surface area contributed by atoms with E-state index >= 15 is 0 Å². The van der Waals surface area contributed by atoms with Gasteiger partial charge in [0.1, 0.15) is 0 Å². The Morgan fingerprint density at radius 1 is 1.32 bits per heavy atom. The molecule has 1 aromatic rings. The van der Waals surface area contributed by atoms with Crippen molar-refractivity contribution in [1.82, 2.24) is 5.06 Å². The van der Waals surface area contributed by atoms with Crippen LogP contribution < -0.4 is 0 Å². The summed E-state index contributed by atoms with van der Waals surface area (Å²) in [6.45, 7) is 7.21. The van der Waals surface area contributed by atoms with E-state index in [-0.39, 0.29) is 5.97 Å². The van der Waals surface area contributed by atoms with Crippen LogP contribution >= 0.6 is 15.9 Å². The van der Waals surface area contributed by atoms with Gasteiger partial charge in [0.2, 0.25) is 0 Å². The molecule has 0 N–H and O–H groups in total. The average molecular weight is 326 g/mol. The predicted octanol–water partition coefficient (Wildman–Crippen LogP) is 3.74. The lowest BCUT2D eigenvalue weighted by Gasteiger charge is -2.22. The van der Waals surface area contributed by atoms with Crippen molar-refractivity contribution in [3.8, 4) is 0 Å². The minimum atomic E-state index is -0.449. The highest BCUT2D eigenvalue weighted by molar-refractivity contribution is 9.10. The quantitative estimate of drug-likeness (QED) is 0.829. The van der Waals surface area contributed by atoms with Gasteiger partial charge in [0.25, 0.3) is 0 Å². The normalized spacial score (nSPS) is 20.5. The van der Waals surface area contributed by atoms with Gasteiger partial charge in [-0.3, -0.25) is 0 Å². The van der Waals surface area contributed by atoms with E-state index in [4.69, 9.17) is 4.84 Å². The Morgan fingerprint density at radius 2 is 1.95 bits per heavy atom. The van der Waals surface area contributed by atoms with Gasteiger partial charge in [-0.1, -0.05) is 28.1 Å². The Hall–Kier alpha value is -0.870. The van der Waals surface area contributed by atoms with E-state index in [0.717, 1.165) is 24.0 Å². The topological polar surface area (TPSA) is 29.5 Å². The lowest BCUT2D eigenvalue weighted by Crippen LogP contribution is -2.32. The fourth-order valence-electron chi connectivity index (χ4n) is 2.07. The van der Waals surface area contributed by atoms with Crippen molar-refractivity contribution in [3.63, 3.8) is 0 Å². The second-order valence-corrected chi connectivity index (χ2v) is 6.97. The zero-order valence-electron chi connectivity index (χ0n) is 11.6. The van der Waals surface area contributed by atoms with Gasteiger partial charge < -0.3 is 4.84 Å². The third-order valence-corrected chi connectivity index (χ3v) is 3.85. The van der Waals surface area contributed by atoms with E-state index in [0.29, 0.717) is 5.92 Å². The standard InChI is InChI=1S/C15H20BrNO2/c1-15(2,3)14(18)19-17-9-8-12(10-17)11-4-6-13(16)7-5-11/h4-7,12H,8-10H2,1-3H3. The summed E-state index contributed by atoms with van der Waals surface area (Å²) in [4.78, 5) is 17.3. The van der Waals surface area contributed by atoms with E-state index in [2.05, 4.69) is 40.2 Å². The number of carbonyl (C=O) groups is 1. The fourth-order valence-corrected chi connectivity index (χ4v) is 2.34. The van der Waals surface area contributed by atoms with Crippen LogP contribution in [0.5, 0.6) is 0 Å². The minimum Gasteiger partial charge on any atom is -0.367 e. The molecule has 1 aromatic carbocycles. The summed E-state index contributed by atoms with van der Waals surface area (Å²) in [5.74, 6) is 0.282. The smallest absolute Gasteiger partial charge is 0.330 e. The SMILES string of the molecule is CC(C)(C)C(=O)ON1CCC(c2ccc(Br)cc2)C1. The first-order valence-corrected chi connectivity index (χ1v) is 7.38. The van der Waals surface area contributed by atoms with Gasteiger partial charge in [0, 0.05) is 23.5 Å². The Labute approximate surface area is 123 Å². The zero-order chi connectivity index (χ0) is 14.0. The van der Waals surface area contributed by atoms with Gasteiger partial charge in [-0.15, -0.1) is 5.06 Å². The summed E-state index contributed by atoms with van der Waals surface area (Å²) < 4.78 is 1.09. The van der Waals surface area contributed by atoms with Crippen LogP contribution in [0.3, 0.4) is 0 Å². The summed E-state index contributed by atoms with van der Waals surface area (Å²) in [5, 5.41) is 1.79. The van der Waals surface area contributed by atoms with E-state index < -0.39 is 5.41 Å². The molecule has 0 bridgehead atoms. The number of hydroxylamine groups is 2. The first kappa shape index (κ1) is 14.5. The molecule has 0 aliphatic carbocycles. The average Bonchev–Trinajstić information content (AvgIpc) is 2.77. The van der Waals surface area contributed by atoms with Gasteiger partial charge in [0.15, 0.2) is 0 Å². The molecule has 0 spiro atoms. The van der Waals surface area contributed by atoms with Crippen LogP contribution in [0, 0.1) is 5.41 Å². The predicted molar refractivity (Wildman–Crippen MR) is 78.6 cm³/mol. The molecule has 1 saturated heterocycles. The molecule has 1 heterocycles. The third kappa shape index (κ3) is 3.80. The van der Waals surface area contributed by atoms with Gasteiger partial charge in [0.05, 0.1) is 5.41 Å². The van der Waals surface area contributed by atoms with Crippen LogP contribution in [-0.4, -0.2) is 24.1 Å². The summed E-state index contributed by atoms with van der Waals surface area (Å²) in [6, 6.07) is 8.37. The number of halogens is 1. The molecule has 104 valence electrons. The maximum absolute atomic E-state index is 11.8. The van der Waals surface area contributed by atoms with Gasteiger partial charge in [-0.2, -0.15) is 0 Å². The summed E-state index contributed by atoms with van der Waals surface area (Å²) in [7, 11) is 0. The van der Waals surface area contributed by atoms with E-state index in [1.54, 1.807) is 5.06 Å². The van der Waals surface area contributed by atoms with Crippen LogP contribution in [0.4, 0.5) is 0 Å². The van der Waals surface area contributed by atoms with E-state index in [9.17, 15) is 4.79 Å². The van der Waals surface area contributed by atoms with Crippen molar-refractivity contribution in [2.24, 2.45) is 5.41 Å². The second kappa shape index (κ2) is 5.63. The molecule has 0 saturated carbocycles. The molecule has 1 aliphatic heterocycles. The van der Waals surface area contributed by atoms with Gasteiger partial charge >= 0.3 is 5.97 Å². The van der Waals surface area contributed by atoms with Crippen molar-refractivity contribution in [2.45, 2.75) is 33.1 Å². The van der Waals surface area contributed by atoms with E-state index in [1.165, 1.54) is 5.56 Å². The molecular formula is C15H20BrNO2. The monoisotopic (exact) mass is 325 g/mol. The van der Waals surface area contributed by atoms with Crippen LogP contribution in [0.25, 0.3) is 0 Å². The van der Waals surface area contributed by atoms with Crippen LogP contribution in [0.15, 0.2) is 28.7 Å². The largest absolute Gasteiger partial charge is 0.367 e. The second-order valence-electron chi connectivity index (χ2n) is 6.05. The molecule has 2 rings (SSSR count). The fraction of sp³-hybridized carbons (Fsp3) is 0.533. The molecule has 0 radical (unpaired) electrons. The Balaban J connectivity index is 1.93. The van der Waals surface area contributed by atoms with E-state index in [1.807, 2.05) is 20.8 Å². The lowest BCUT2D eigenvalue weighted by molar-refractivity contribution is -0.195. The van der Waals surface area contributed by atoms with Crippen molar-refractivity contribution in [1.29, 1.82) is 0 Å². The lowest BCUT2D eigenvalue weighted by atomic mass is 9.98. The first-order valence-electron chi connectivity index (χ1n) is 6.59. The molecule has 0 aromatic heterocycles. The van der Waals surface area contributed by atoms with Crippen molar-refractivity contribution < 1.29 is 9.63 Å². The number of hydrogen-bond acceptors (Lipinski definition) is 3. The molecule has 1 fully saturated rings. The van der Waals surface area contributed by atoms with Crippen molar-refractivity contribution >= 4 is 21.9 Å². The molecule has 1 unspecified atom stereocenters. The van der Waals surface area contributed by atoms with Crippen LogP contribution in [-0.2, 0) is 9.63 Å². The van der Waals surface area contributed by atoms with Crippen LogP contribution in [0.1, 0.15) is 38.7 Å². The minimum absolute atomic E-state index is 0.163. The molecule has 1 aliphatic rings. The summed E-state index contributed by atoms with van der Waals surface area (Å²) >= 11 is 3.44.